The highest BCUT2D eigenvalue weighted by atomic mass is 35.5. The summed E-state index contributed by atoms with van der Waals surface area (Å²) in [5.41, 5.74) is 1.61. The normalized spacial score (nSPS) is 18.4. The van der Waals surface area contributed by atoms with Gasteiger partial charge in [-0.1, -0.05) is 36.6 Å². The van der Waals surface area contributed by atoms with E-state index in [2.05, 4.69) is 0 Å². The van der Waals surface area contributed by atoms with Gasteiger partial charge in [-0.25, -0.2) is 8.42 Å². The second-order valence-electron chi connectivity index (χ2n) is 7.34. The largest absolute Gasteiger partial charge is 0.306 e. The fraction of sp³-hybridized carbons (Fsp3) is 0.381. The summed E-state index contributed by atoms with van der Waals surface area (Å²) >= 11 is 7.42. The predicted molar refractivity (Wildman–Crippen MR) is 117 cm³/mol. The molecule has 1 amide bonds. The van der Waals surface area contributed by atoms with Crippen molar-refractivity contribution in [3.8, 4) is 0 Å². The quantitative estimate of drug-likeness (QED) is 0.686. The number of carbonyl (C=O) groups is 1. The zero-order valence-electron chi connectivity index (χ0n) is 16.0. The summed E-state index contributed by atoms with van der Waals surface area (Å²) in [6.45, 7) is 1.50. The molecule has 2 heterocycles. The first kappa shape index (κ1) is 20.7. The number of hydrogen-bond acceptors (Lipinski definition) is 4. The van der Waals surface area contributed by atoms with E-state index < -0.39 is 10.0 Å². The Morgan fingerprint density at radius 2 is 1.66 bits per heavy atom. The van der Waals surface area contributed by atoms with Gasteiger partial charge in [0.05, 0.1) is 22.9 Å². The van der Waals surface area contributed by atoms with Gasteiger partial charge >= 0.3 is 0 Å². The van der Waals surface area contributed by atoms with E-state index in [1.54, 1.807) is 33.5 Å². The molecule has 1 fully saturated rings. The van der Waals surface area contributed by atoms with Crippen LogP contribution in [0.1, 0.15) is 31.2 Å². The van der Waals surface area contributed by atoms with Crippen LogP contribution in [0.25, 0.3) is 0 Å². The van der Waals surface area contributed by atoms with Gasteiger partial charge in [-0.3, -0.25) is 4.79 Å². The number of fused-ring (bicyclic) bond motifs is 1. The average molecular weight is 451 g/mol. The van der Waals surface area contributed by atoms with Gasteiger partial charge in [0.15, 0.2) is 0 Å². The lowest BCUT2D eigenvalue weighted by atomic mass is 10.2. The van der Waals surface area contributed by atoms with Gasteiger partial charge < -0.3 is 4.90 Å². The number of thioether (sulfide) groups is 1. The highest BCUT2D eigenvalue weighted by molar-refractivity contribution is 8.00. The van der Waals surface area contributed by atoms with Crippen LogP contribution >= 0.6 is 23.4 Å². The van der Waals surface area contributed by atoms with E-state index in [0.29, 0.717) is 36.1 Å². The second kappa shape index (κ2) is 8.68. The smallest absolute Gasteiger partial charge is 0.243 e. The van der Waals surface area contributed by atoms with Crippen LogP contribution in [-0.4, -0.2) is 37.5 Å². The van der Waals surface area contributed by atoms with Gasteiger partial charge in [-0.15, -0.1) is 11.8 Å². The first-order valence-electron chi connectivity index (χ1n) is 9.77. The molecule has 0 N–H and O–H groups in total. The Balaban J connectivity index is 1.67. The van der Waals surface area contributed by atoms with Gasteiger partial charge in [0.2, 0.25) is 15.9 Å². The third kappa shape index (κ3) is 4.48. The molecule has 0 aliphatic carbocycles. The topological polar surface area (TPSA) is 57.7 Å². The maximum atomic E-state index is 13.2. The molecule has 154 valence electrons. The molecular weight excluding hydrogens is 428 g/mol. The Kier molecular flexibility index (Phi) is 6.20. The number of benzene rings is 2. The maximum absolute atomic E-state index is 13.2. The maximum Gasteiger partial charge on any atom is 0.243 e. The highest BCUT2D eigenvalue weighted by Crippen LogP contribution is 2.38. The van der Waals surface area contributed by atoms with Crippen LogP contribution < -0.4 is 4.90 Å². The number of halogens is 1. The summed E-state index contributed by atoms with van der Waals surface area (Å²) in [5, 5.41) is 0.639. The Labute approximate surface area is 181 Å². The number of nitrogens with zero attached hydrogens (tertiary/aromatic N) is 2. The van der Waals surface area contributed by atoms with Gasteiger partial charge in [0, 0.05) is 23.0 Å². The molecule has 0 unspecified atom stereocenters. The lowest BCUT2D eigenvalue weighted by Gasteiger charge is -2.30. The summed E-state index contributed by atoms with van der Waals surface area (Å²) in [6.07, 6.45) is 3.91. The van der Waals surface area contributed by atoms with Crippen molar-refractivity contribution in [1.29, 1.82) is 0 Å². The van der Waals surface area contributed by atoms with Crippen LogP contribution in [-0.2, 0) is 21.4 Å². The van der Waals surface area contributed by atoms with Crippen molar-refractivity contribution in [3.63, 3.8) is 0 Å². The molecule has 0 radical (unpaired) electrons. The Morgan fingerprint density at radius 3 is 2.34 bits per heavy atom. The lowest BCUT2D eigenvalue weighted by Crippen LogP contribution is -2.35. The highest BCUT2D eigenvalue weighted by Gasteiger charge is 2.30. The standard InChI is InChI=1S/C21H23ClN2O3S2/c22-17-7-5-16(6-8-17)14-24-19-13-18(9-10-20(19)28-15-21(24)25)29(26,27)23-11-3-1-2-4-12-23/h5-10,13H,1-4,11-12,14-15H2. The molecule has 8 heteroatoms. The monoisotopic (exact) mass is 450 g/mol. The van der Waals surface area contributed by atoms with Crippen LogP contribution in [0.5, 0.6) is 0 Å². The zero-order valence-corrected chi connectivity index (χ0v) is 18.4. The van der Waals surface area contributed by atoms with Crippen molar-refractivity contribution in [2.75, 3.05) is 23.7 Å². The lowest BCUT2D eigenvalue weighted by molar-refractivity contribution is -0.116. The first-order chi connectivity index (χ1) is 13.9. The zero-order chi connectivity index (χ0) is 20.4. The molecule has 0 saturated carbocycles. The molecule has 2 aliphatic rings. The minimum atomic E-state index is -3.57. The van der Waals surface area contributed by atoms with Crippen molar-refractivity contribution in [3.05, 3.63) is 53.1 Å². The van der Waals surface area contributed by atoms with E-state index in [1.807, 2.05) is 18.2 Å². The molecule has 0 atom stereocenters. The summed E-state index contributed by atoms with van der Waals surface area (Å²) in [4.78, 5) is 15.5. The van der Waals surface area contributed by atoms with Crippen molar-refractivity contribution < 1.29 is 13.2 Å². The van der Waals surface area contributed by atoms with Crippen LogP contribution in [0.4, 0.5) is 5.69 Å². The molecule has 0 aromatic heterocycles. The summed E-state index contributed by atoms with van der Waals surface area (Å²) in [6, 6.07) is 12.5. The van der Waals surface area contributed by atoms with Gasteiger partial charge in [-0.2, -0.15) is 4.31 Å². The van der Waals surface area contributed by atoms with Crippen molar-refractivity contribution in [2.45, 2.75) is 42.0 Å². The van der Waals surface area contributed by atoms with Crippen molar-refractivity contribution >= 4 is 45.0 Å². The SMILES string of the molecule is O=C1CSc2ccc(S(=O)(=O)N3CCCCCC3)cc2N1Cc1ccc(Cl)cc1. The van der Waals surface area contributed by atoms with Gasteiger partial charge in [0.25, 0.3) is 0 Å². The molecular formula is C21H23ClN2O3S2. The van der Waals surface area contributed by atoms with E-state index >= 15 is 0 Å². The molecule has 2 aromatic carbocycles. The van der Waals surface area contributed by atoms with E-state index in [1.165, 1.54) is 11.8 Å². The second-order valence-corrected chi connectivity index (χ2v) is 10.7. The number of carbonyl (C=O) groups excluding carboxylic acids is 1. The van der Waals surface area contributed by atoms with Crippen LogP contribution in [0.3, 0.4) is 0 Å². The third-order valence-corrected chi connectivity index (χ3v) is 8.52. The Bertz CT molecular complexity index is 1000. The number of sulfonamides is 1. The van der Waals surface area contributed by atoms with Gasteiger partial charge in [0.1, 0.15) is 0 Å². The summed E-state index contributed by atoms with van der Waals surface area (Å²) in [7, 11) is -3.57. The fourth-order valence-corrected chi connectivity index (χ4v) is 6.30. The average Bonchev–Trinajstić information content (AvgIpc) is 3.01. The molecule has 4 rings (SSSR count). The number of rotatable bonds is 4. The van der Waals surface area contributed by atoms with E-state index in [9.17, 15) is 13.2 Å². The van der Waals surface area contributed by atoms with E-state index in [0.717, 1.165) is 36.1 Å². The molecule has 0 bridgehead atoms. The Morgan fingerprint density at radius 1 is 0.966 bits per heavy atom. The fourth-order valence-electron chi connectivity index (χ4n) is 3.72. The first-order valence-corrected chi connectivity index (χ1v) is 12.6. The molecule has 5 nitrogen and oxygen atoms in total. The number of hydrogen-bond donors (Lipinski definition) is 0. The van der Waals surface area contributed by atoms with Crippen molar-refractivity contribution in [2.24, 2.45) is 0 Å². The van der Waals surface area contributed by atoms with Crippen LogP contribution in [0, 0.1) is 0 Å². The summed E-state index contributed by atoms with van der Waals surface area (Å²) < 4.78 is 28.0. The molecule has 2 aliphatic heterocycles. The summed E-state index contributed by atoms with van der Waals surface area (Å²) in [5.74, 6) is 0.320. The molecule has 1 saturated heterocycles. The predicted octanol–water partition coefficient (Wildman–Crippen LogP) is 4.54. The number of amides is 1. The van der Waals surface area contributed by atoms with Crippen molar-refractivity contribution in [1.82, 2.24) is 4.31 Å². The molecule has 29 heavy (non-hydrogen) atoms. The molecule has 0 spiro atoms. The minimum absolute atomic E-state index is 0.0261. The van der Waals surface area contributed by atoms with Crippen LogP contribution in [0.2, 0.25) is 5.02 Å². The Hall–Kier alpha value is -1.54. The third-order valence-electron chi connectivity index (χ3n) is 5.33. The van der Waals surface area contributed by atoms with E-state index in [-0.39, 0.29) is 10.8 Å². The minimum Gasteiger partial charge on any atom is -0.306 e. The van der Waals surface area contributed by atoms with E-state index in [4.69, 9.17) is 11.6 Å². The van der Waals surface area contributed by atoms with Gasteiger partial charge in [-0.05, 0) is 48.7 Å². The number of anilines is 1. The van der Waals surface area contributed by atoms with Crippen LogP contribution in [0.15, 0.2) is 52.3 Å². The molecule has 2 aromatic rings.